The van der Waals surface area contributed by atoms with Gasteiger partial charge >= 0.3 is 0 Å². The van der Waals surface area contributed by atoms with Crippen LogP contribution in [0.15, 0.2) is 72.8 Å². The highest BCUT2D eigenvalue weighted by molar-refractivity contribution is 6.36. The number of carbonyl (C=O) groups excluding carboxylic acids is 2. The monoisotopic (exact) mass is 412 g/mol. The summed E-state index contributed by atoms with van der Waals surface area (Å²) in [6, 6.07) is 20.9. The second-order valence-corrected chi connectivity index (χ2v) is 7.07. The van der Waals surface area contributed by atoms with Gasteiger partial charge in [0.1, 0.15) is 0 Å². The van der Waals surface area contributed by atoms with E-state index in [1.165, 1.54) is 6.07 Å². The van der Waals surface area contributed by atoms with Crippen molar-refractivity contribution in [2.24, 2.45) is 0 Å². The predicted octanol–water partition coefficient (Wildman–Crippen LogP) is 5.74. The van der Waals surface area contributed by atoms with Crippen LogP contribution < -0.4 is 10.6 Å². The van der Waals surface area contributed by atoms with Gasteiger partial charge in [0.2, 0.25) is 0 Å². The highest BCUT2D eigenvalue weighted by atomic mass is 35.5. The number of rotatable bonds is 5. The molecule has 6 heteroatoms. The molecule has 3 aromatic carbocycles. The lowest BCUT2D eigenvalue weighted by Crippen LogP contribution is -2.28. The van der Waals surface area contributed by atoms with Crippen LogP contribution in [0.2, 0.25) is 10.0 Å². The Kier molecular flexibility index (Phi) is 6.34. The van der Waals surface area contributed by atoms with Gasteiger partial charge in [-0.15, -0.1) is 0 Å². The fraction of sp³-hybridized carbons (Fsp3) is 0.0909. The maximum absolute atomic E-state index is 12.8. The lowest BCUT2D eigenvalue weighted by atomic mass is 10.1. The number of benzene rings is 3. The van der Waals surface area contributed by atoms with Crippen LogP contribution in [0.5, 0.6) is 0 Å². The molecule has 0 aromatic heterocycles. The minimum absolute atomic E-state index is 0.181. The zero-order valence-corrected chi connectivity index (χ0v) is 16.6. The van der Waals surface area contributed by atoms with Gasteiger partial charge in [0.15, 0.2) is 0 Å². The minimum atomic E-state index is -0.441. The van der Waals surface area contributed by atoms with Gasteiger partial charge in [0, 0.05) is 5.02 Å². The fourth-order valence-electron chi connectivity index (χ4n) is 2.75. The molecule has 3 rings (SSSR count). The molecular weight excluding hydrogens is 395 g/mol. The Hall–Kier alpha value is -2.82. The van der Waals surface area contributed by atoms with Gasteiger partial charge in [-0.25, -0.2) is 0 Å². The minimum Gasteiger partial charge on any atom is -0.345 e. The number of hydrogen-bond donors (Lipinski definition) is 2. The van der Waals surface area contributed by atoms with Crippen molar-refractivity contribution in [3.05, 3.63) is 99.5 Å². The highest BCUT2D eigenvalue weighted by Crippen LogP contribution is 2.23. The molecule has 0 radical (unpaired) electrons. The summed E-state index contributed by atoms with van der Waals surface area (Å²) in [4.78, 5) is 25.4. The summed E-state index contributed by atoms with van der Waals surface area (Å²) in [6.45, 7) is 1.90. The predicted molar refractivity (Wildman–Crippen MR) is 113 cm³/mol. The van der Waals surface area contributed by atoms with Crippen LogP contribution in [0.1, 0.15) is 39.2 Å². The average Bonchev–Trinajstić information content (AvgIpc) is 2.70. The number of amides is 2. The van der Waals surface area contributed by atoms with Crippen LogP contribution in [-0.2, 0) is 0 Å². The molecule has 2 N–H and O–H groups in total. The maximum Gasteiger partial charge on any atom is 0.257 e. The second-order valence-electron chi connectivity index (χ2n) is 6.23. The molecule has 142 valence electrons. The first kappa shape index (κ1) is 19.9. The zero-order valence-electron chi connectivity index (χ0n) is 15.1. The van der Waals surface area contributed by atoms with E-state index < -0.39 is 5.91 Å². The number of halogens is 2. The molecule has 1 atom stereocenters. The molecular formula is C22H18Cl2N2O2. The van der Waals surface area contributed by atoms with Crippen LogP contribution >= 0.6 is 23.2 Å². The van der Waals surface area contributed by atoms with Crippen LogP contribution in [0.25, 0.3) is 0 Å². The van der Waals surface area contributed by atoms with Crippen LogP contribution in [0.3, 0.4) is 0 Å². The van der Waals surface area contributed by atoms with Crippen molar-refractivity contribution < 1.29 is 9.59 Å². The fourth-order valence-corrected chi connectivity index (χ4v) is 3.13. The summed E-state index contributed by atoms with van der Waals surface area (Å²) >= 11 is 12.1. The van der Waals surface area contributed by atoms with E-state index in [-0.39, 0.29) is 22.5 Å². The van der Waals surface area contributed by atoms with Crippen LogP contribution in [0, 0.1) is 0 Å². The summed E-state index contributed by atoms with van der Waals surface area (Å²) in [5.74, 6) is -0.728. The van der Waals surface area contributed by atoms with E-state index in [1.807, 2.05) is 37.3 Å². The van der Waals surface area contributed by atoms with Crippen molar-refractivity contribution in [3.8, 4) is 0 Å². The molecule has 28 heavy (non-hydrogen) atoms. The van der Waals surface area contributed by atoms with Crippen molar-refractivity contribution in [3.63, 3.8) is 0 Å². The molecule has 2 amide bonds. The lowest BCUT2D eigenvalue weighted by Gasteiger charge is -2.16. The Balaban J connectivity index is 1.80. The Morgan fingerprint density at radius 3 is 2.25 bits per heavy atom. The number of nitrogens with one attached hydrogen (secondary N) is 2. The first-order chi connectivity index (χ1) is 13.5. The van der Waals surface area contributed by atoms with E-state index in [2.05, 4.69) is 10.6 Å². The maximum atomic E-state index is 12.8. The first-order valence-corrected chi connectivity index (χ1v) is 9.42. The van der Waals surface area contributed by atoms with E-state index in [9.17, 15) is 9.59 Å². The van der Waals surface area contributed by atoms with Crippen molar-refractivity contribution in [2.45, 2.75) is 13.0 Å². The van der Waals surface area contributed by atoms with Crippen molar-refractivity contribution in [1.29, 1.82) is 0 Å². The summed E-state index contributed by atoms with van der Waals surface area (Å²) in [5, 5.41) is 6.37. The van der Waals surface area contributed by atoms with E-state index in [0.717, 1.165) is 5.56 Å². The first-order valence-electron chi connectivity index (χ1n) is 8.67. The normalized spacial score (nSPS) is 11.5. The average molecular weight is 413 g/mol. The summed E-state index contributed by atoms with van der Waals surface area (Å²) in [5.41, 5.74) is 1.98. The zero-order chi connectivity index (χ0) is 20.1. The third-order valence-corrected chi connectivity index (χ3v) is 4.80. The topological polar surface area (TPSA) is 58.2 Å². The SMILES string of the molecule is CC(NC(=O)c1ccccc1NC(=O)c1cc(Cl)ccc1Cl)c1ccccc1. The van der Waals surface area contributed by atoms with Crippen molar-refractivity contribution in [2.75, 3.05) is 5.32 Å². The Labute approximate surface area is 173 Å². The molecule has 1 unspecified atom stereocenters. The standard InChI is InChI=1S/C22H18Cl2N2O2/c1-14(15-7-3-2-4-8-15)25-21(27)17-9-5-6-10-20(17)26-22(28)18-13-16(23)11-12-19(18)24/h2-14H,1H3,(H,25,27)(H,26,28). The molecule has 0 saturated carbocycles. The summed E-state index contributed by atoms with van der Waals surface area (Å²) < 4.78 is 0. The number of para-hydroxylation sites is 1. The molecule has 0 aliphatic carbocycles. The van der Waals surface area contributed by atoms with Gasteiger partial charge in [0.05, 0.1) is 27.9 Å². The molecule has 0 heterocycles. The Morgan fingerprint density at radius 2 is 1.50 bits per heavy atom. The molecule has 0 bridgehead atoms. The number of hydrogen-bond acceptors (Lipinski definition) is 2. The van der Waals surface area contributed by atoms with E-state index in [1.54, 1.807) is 36.4 Å². The largest absolute Gasteiger partial charge is 0.345 e. The van der Waals surface area contributed by atoms with E-state index in [4.69, 9.17) is 23.2 Å². The molecule has 0 saturated heterocycles. The second kappa shape index (κ2) is 8.91. The van der Waals surface area contributed by atoms with Gasteiger partial charge in [-0.1, -0.05) is 65.7 Å². The van der Waals surface area contributed by atoms with Gasteiger partial charge in [-0.2, -0.15) is 0 Å². The van der Waals surface area contributed by atoms with E-state index >= 15 is 0 Å². The van der Waals surface area contributed by atoms with Gasteiger partial charge in [0.25, 0.3) is 11.8 Å². The van der Waals surface area contributed by atoms with Crippen LogP contribution in [0.4, 0.5) is 5.69 Å². The van der Waals surface area contributed by atoms with E-state index in [0.29, 0.717) is 16.3 Å². The number of carbonyl (C=O) groups is 2. The summed E-state index contributed by atoms with van der Waals surface area (Å²) in [7, 11) is 0. The van der Waals surface area contributed by atoms with Crippen molar-refractivity contribution in [1.82, 2.24) is 5.32 Å². The smallest absolute Gasteiger partial charge is 0.257 e. The van der Waals surface area contributed by atoms with Crippen molar-refractivity contribution >= 4 is 40.7 Å². The molecule has 0 spiro atoms. The highest BCUT2D eigenvalue weighted by Gasteiger charge is 2.18. The molecule has 4 nitrogen and oxygen atoms in total. The Bertz CT molecular complexity index is 1010. The van der Waals surface area contributed by atoms with Gasteiger partial charge in [-0.05, 0) is 42.8 Å². The molecule has 0 aliphatic rings. The summed E-state index contributed by atoms with van der Waals surface area (Å²) in [6.07, 6.45) is 0. The van der Waals surface area contributed by atoms with Crippen LogP contribution in [-0.4, -0.2) is 11.8 Å². The molecule has 3 aromatic rings. The Morgan fingerprint density at radius 1 is 0.821 bits per heavy atom. The quantitative estimate of drug-likeness (QED) is 0.561. The lowest BCUT2D eigenvalue weighted by molar-refractivity contribution is 0.0941. The number of anilines is 1. The van der Waals surface area contributed by atoms with Gasteiger partial charge in [-0.3, -0.25) is 9.59 Å². The third kappa shape index (κ3) is 4.71. The third-order valence-electron chi connectivity index (χ3n) is 4.24. The molecule has 0 aliphatic heterocycles. The van der Waals surface area contributed by atoms with Gasteiger partial charge < -0.3 is 10.6 Å². The molecule has 0 fully saturated rings.